The maximum Gasteiger partial charge on any atom is 0.303 e. The summed E-state index contributed by atoms with van der Waals surface area (Å²) in [5.41, 5.74) is 0.161. The van der Waals surface area contributed by atoms with Crippen LogP contribution in [0.25, 0.3) is 0 Å². The molecule has 0 radical (unpaired) electrons. The minimum atomic E-state index is -0.887. The van der Waals surface area contributed by atoms with E-state index in [2.05, 4.69) is 0 Å². The van der Waals surface area contributed by atoms with Crippen LogP contribution in [0.5, 0.6) is 0 Å². The molecule has 2 rings (SSSR count). The van der Waals surface area contributed by atoms with Gasteiger partial charge in [-0.2, -0.15) is 0 Å². The Labute approximate surface area is 127 Å². The lowest BCUT2D eigenvalue weighted by atomic mass is 9.97. The van der Waals surface area contributed by atoms with Crippen molar-refractivity contribution in [3.05, 3.63) is 35.4 Å². The fourth-order valence-corrected chi connectivity index (χ4v) is 2.85. The van der Waals surface area contributed by atoms with Crippen molar-refractivity contribution in [2.75, 3.05) is 6.54 Å². The Morgan fingerprint density at radius 1 is 1.27 bits per heavy atom. The highest BCUT2D eigenvalue weighted by Crippen LogP contribution is 2.22. The van der Waals surface area contributed by atoms with Crippen LogP contribution in [0.1, 0.15) is 37.7 Å². The molecule has 1 N–H and O–H groups in total. The maximum absolute atomic E-state index is 13.6. The molecule has 120 valence electrons. The molecule has 0 bridgehead atoms. The van der Waals surface area contributed by atoms with Crippen LogP contribution in [0.3, 0.4) is 0 Å². The van der Waals surface area contributed by atoms with Gasteiger partial charge in [0.1, 0.15) is 11.6 Å². The molecule has 1 heterocycles. The zero-order chi connectivity index (χ0) is 16.1. The quantitative estimate of drug-likeness (QED) is 0.909. The predicted octanol–water partition coefficient (Wildman–Crippen LogP) is 2.75. The van der Waals surface area contributed by atoms with Crippen molar-refractivity contribution in [3.63, 3.8) is 0 Å². The van der Waals surface area contributed by atoms with Gasteiger partial charge in [0, 0.05) is 25.1 Å². The summed E-state index contributed by atoms with van der Waals surface area (Å²) in [4.78, 5) is 24.7. The molecule has 1 aromatic rings. The average Bonchev–Trinajstić information content (AvgIpc) is 2.48. The van der Waals surface area contributed by atoms with Crippen LogP contribution in [0.15, 0.2) is 18.2 Å². The van der Waals surface area contributed by atoms with E-state index in [9.17, 15) is 18.4 Å². The first-order valence-corrected chi connectivity index (χ1v) is 7.42. The van der Waals surface area contributed by atoms with Crippen molar-refractivity contribution in [3.8, 4) is 0 Å². The first-order chi connectivity index (χ1) is 10.5. The molecule has 6 heteroatoms. The third-order valence-electron chi connectivity index (χ3n) is 4.00. The molecule has 1 aliphatic heterocycles. The molecule has 0 saturated carbocycles. The summed E-state index contributed by atoms with van der Waals surface area (Å²) in [6.45, 7) is 0.561. The number of piperidine rings is 1. The summed E-state index contributed by atoms with van der Waals surface area (Å²) in [6, 6.07) is 3.06. The third kappa shape index (κ3) is 4.26. The fraction of sp³-hybridized carbons (Fsp3) is 0.500. The van der Waals surface area contributed by atoms with Crippen molar-refractivity contribution in [2.45, 2.75) is 44.6 Å². The minimum Gasteiger partial charge on any atom is -0.481 e. The normalized spacial score (nSPS) is 18.3. The highest BCUT2D eigenvalue weighted by molar-refractivity contribution is 5.79. The van der Waals surface area contributed by atoms with Gasteiger partial charge >= 0.3 is 5.97 Å². The Morgan fingerprint density at radius 2 is 2.05 bits per heavy atom. The summed E-state index contributed by atoms with van der Waals surface area (Å²) in [6.07, 6.45) is 2.88. The van der Waals surface area contributed by atoms with Crippen LogP contribution in [-0.4, -0.2) is 34.5 Å². The highest BCUT2D eigenvalue weighted by atomic mass is 19.1. The lowest BCUT2D eigenvalue weighted by molar-refractivity contribution is -0.139. The molecule has 0 aliphatic carbocycles. The second kappa shape index (κ2) is 7.33. The number of carboxylic acid groups (broad SMARTS) is 1. The lowest BCUT2D eigenvalue weighted by Gasteiger charge is -2.35. The number of halogens is 2. The Hall–Kier alpha value is -1.98. The number of nitrogens with zero attached hydrogens (tertiary/aromatic N) is 1. The molecular weight excluding hydrogens is 292 g/mol. The van der Waals surface area contributed by atoms with E-state index in [1.54, 1.807) is 4.90 Å². The van der Waals surface area contributed by atoms with Gasteiger partial charge in [0.05, 0.1) is 6.42 Å². The lowest BCUT2D eigenvalue weighted by Crippen LogP contribution is -2.44. The van der Waals surface area contributed by atoms with Crippen LogP contribution in [0.4, 0.5) is 8.78 Å². The van der Waals surface area contributed by atoms with Gasteiger partial charge < -0.3 is 10.0 Å². The summed E-state index contributed by atoms with van der Waals surface area (Å²) >= 11 is 0. The topological polar surface area (TPSA) is 57.6 Å². The second-order valence-corrected chi connectivity index (χ2v) is 5.58. The molecular formula is C16H19F2NO3. The van der Waals surface area contributed by atoms with Gasteiger partial charge in [-0.3, -0.25) is 9.59 Å². The molecule has 1 saturated heterocycles. The van der Waals surface area contributed by atoms with Crippen LogP contribution >= 0.6 is 0 Å². The molecule has 1 fully saturated rings. The molecule has 1 unspecified atom stereocenters. The van der Waals surface area contributed by atoms with Gasteiger partial charge in [0.25, 0.3) is 0 Å². The van der Waals surface area contributed by atoms with E-state index in [-0.39, 0.29) is 30.4 Å². The van der Waals surface area contributed by atoms with Crippen LogP contribution in [-0.2, 0) is 16.0 Å². The van der Waals surface area contributed by atoms with E-state index in [0.717, 1.165) is 31.4 Å². The van der Waals surface area contributed by atoms with E-state index < -0.39 is 17.6 Å². The van der Waals surface area contributed by atoms with E-state index in [4.69, 9.17) is 5.11 Å². The molecule has 4 nitrogen and oxygen atoms in total. The number of hydrogen-bond acceptors (Lipinski definition) is 2. The summed E-state index contributed by atoms with van der Waals surface area (Å²) in [5, 5.41) is 8.78. The number of carbonyl (C=O) groups is 2. The number of amides is 1. The number of carboxylic acids is 1. The molecule has 0 aromatic heterocycles. The molecule has 22 heavy (non-hydrogen) atoms. The highest BCUT2D eigenvalue weighted by Gasteiger charge is 2.27. The van der Waals surface area contributed by atoms with Crippen molar-refractivity contribution in [2.24, 2.45) is 0 Å². The fourth-order valence-electron chi connectivity index (χ4n) is 2.85. The summed E-state index contributed by atoms with van der Waals surface area (Å²) in [7, 11) is 0. The van der Waals surface area contributed by atoms with Crippen molar-refractivity contribution in [1.29, 1.82) is 0 Å². The monoisotopic (exact) mass is 311 g/mol. The second-order valence-electron chi connectivity index (χ2n) is 5.58. The molecule has 1 amide bonds. The van der Waals surface area contributed by atoms with Crippen LogP contribution < -0.4 is 0 Å². The number of likely N-dealkylation sites (tertiary alicyclic amines) is 1. The maximum atomic E-state index is 13.6. The number of aliphatic carboxylic acids is 1. The zero-order valence-electron chi connectivity index (χ0n) is 12.2. The van der Waals surface area contributed by atoms with Crippen LogP contribution in [0, 0.1) is 11.6 Å². The zero-order valence-corrected chi connectivity index (χ0v) is 12.2. The van der Waals surface area contributed by atoms with E-state index in [1.807, 2.05) is 0 Å². The SMILES string of the molecule is O=C(O)CCC1CCCCN1C(=O)Cc1ccc(F)cc1F. The molecule has 1 aliphatic rings. The van der Waals surface area contributed by atoms with Gasteiger partial charge in [0.15, 0.2) is 0 Å². The van der Waals surface area contributed by atoms with E-state index >= 15 is 0 Å². The number of carbonyl (C=O) groups excluding carboxylic acids is 1. The number of hydrogen-bond donors (Lipinski definition) is 1. The van der Waals surface area contributed by atoms with Gasteiger partial charge in [-0.25, -0.2) is 8.78 Å². The van der Waals surface area contributed by atoms with Gasteiger partial charge in [-0.1, -0.05) is 6.07 Å². The third-order valence-corrected chi connectivity index (χ3v) is 4.00. The smallest absolute Gasteiger partial charge is 0.303 e. The number of benzene rings is 1. The van der Waals surface area contributed by atoms with E-state index in [0.29, 0.717) is 13.0 Å². The van der Waals surface area contributed by atoms with Crippen molar-refractivity contribution >= 4 is 11.9 Å². The average molecular weight is 311 g/mol. The summed E-state index contributed by atoms with van der Waals surface area (Å²) < 4.78 is 26.5. The van der Waals surface area contributed by atoms with Crippen LogP contribution in [0.2, 0.25) is 0 Å². The van der Waals surface area contributed by atoms with Gasteiger partial charge in [-0.15, -0.1) is 0 Å². The van der Waals surface area contributed by atoms with Gasteiger partial charge in [-0.05, 0) is 37.3 Å². The van der Waals surface area contributed by atoms with Crippen molar-refractivity contribution in [1.82, 2.24) is 4.90 Å². The largest absolute Gasteiger partial charge is 0.481 e. The minimum absolute atomic E-state index is 0.0133. The number of rotatable bonds is 5. The Morgan fingerprint density at radius 3 is 2.73 bits per heavy atom. The molecule has 1 atom stereocenters. The Bertz CT molecular complexity index is 562. The first-order valence-electron chi connectivity index (χ1n) is 7.42. The standard InChI is InChI=1S/C16H19F2NO3/c17-12-5-4-11(14(18)10-12)9-15(20)19-8-2-1-3-13(19)6-7-16(21)22/h4-5,10,13H,1-3,6-9H2,(H,21,22). The van der Waals surface area contributed by atoms with Crippen molar-refractivity contribution < 1.29 is 23.5 Å². The predicted molar refractivity (Wildman–Crippen MR) is 76.3 cm³/mol. The molecule has 1 aromatic carbocycles. The Kier molecular flexibility index (Phi) is 5.46. The summed E-state index contributed by atoms with van der Waals surface area (Å²) in [5.74, 6) is -2.53. The first kappa shape index (κ1) is 16.4. The molecule has 0 spiro atoms. The Balaban J connectivity index is 2.03. The van der Waals surface area contributed by atoms with E-state index in [1.165, 1.54) is 6.07 Å². The van der Waals surface area contributed by atoms with Gasteiger partial charge in [0.2, 0.25) is 5.91 Å².